The summed E-state index contributed by atoms with van der Waals surface area (Å²) < 4.78 is 0.665. The van der Waals surface area contributed by atoms with Gasteiger partial charge >= 0.3 is 0 Å². The van der Waals surface area contributed by atoms with Crippen LogP contribution in [0.2, 0.25) is 0 Å². The number of thiazole rings is 1. The smallest absolute Gasteiger partial charge is 0.273 e. The number of carbonyl (C=O) groups excluding carboxylic acids is 2. The molecule has 1 heterocycles. The van der Waals surface area contributed by atoms with E-state index in [0.29, 0.717) is 21.4 Å². The van der Waals surface area contributed by atoms with Gasteiger partial charge in [-0.3, -0.25) is 9.59 Å². The fourth-order valence-corrected chi connectivity index (χ4v) is 3.34. The van der Waals surface area contributed by atoms with Crippen molar-refractivity contribution in [3.05, 3.63) is 40.7 Å². The van der Waals surface area contributed by atoms with Crippen molar-refractivity contribution in [1.82, 2.24) is 10.3 Å². The first-order chi connectivity index (χ1) is 12.0. The van der Waals surface area contributed by atoms with Crippen LogP contribution in [-0.2, 0) is 0 Å². The van der Waals surface area contributed by atoms with Gasteiger partial charge in [0, 0.05) is 24.2 Å². The van der Waals surface area contributed by atoms with E-state index in [-0.39, 0.29) is 17.3 Å². The number of quaternary nitrogens is 1. The van der Waals surface area contributed by atoms with E-state index in [4.69, 9.17) is 5.21 Å². The quantitative estimate of drug-likeness (QED) is 0.427. The molecule has 1 aromatic carbocycles. The van der Waals surface area contributed by atoms with Gasteiger partial charge in [-0.15, -0.1) is 0 Å². The Hall–Kier alpha value is -1.98. The van der Waals surface area contributed by atoms with E-state index in [9.17, 15) is 14.8 Å². The minimum Gasteiger partial charge on any atom is -0.595 e. The Morgan fingerprint density at radius 2 is 2.00 bits per heavy atom. The van der Waals surface area contributed by atoms with Crippen LogP contribution >= 0.6 is 23.1 Å². The fourth-order valence-electron chi connectivity index (χ4n) is 1.89. The first kappa shape index (κ1) is 19.3. The number of rotatable bonds is 7. The van der Waals surface area contributed by atoms with E-state index >= 15 is 0 Å². The van der Waals surface area contributed by atoms with E-state index in [2.05, 4.69) is 15.6 Å². The highest BCUT2D eigenvalue weighted by Gasteiger charge is 2.20. The molecule has 0 spiro atoms. The number of nitrogens with one attached hydrogen (secondary N) is 3. The third-order valence-electron chi connectivity index (χ3n) is 3.15. The molecule has 4 N–H and O–H groups in total. The molecule has 0 radical (unpaired) electrons. The lowest BCUT2D eigenvalue weighted by Gasteiger charge is -2.11. The Balaban J connectivity index is 2.19. The van der Waals surface area contributed by atoms with Crippen molar-refractivity contribution in [2.75, 3.05) is 18.1 Å². The van der Waals surface area contributed by atoms with Crippen molar-refractivity contribution in [3.8, 4) is 0 Å². The molecular formula is C15H18N4O4S2. The zero-order valence-corrected chi connectivity index (χ0v) is 15.3. The number of amides is 2. The highest BCUT2D eigenvalue weighted by molar-refractivity contribution is 8.00. The van der Waals surface area contributed by atoms with Gasteiger partial charge in [0.1, 0.15) is 5.00 Å². The predicted molar refractivity (Wildman–Crippen MR) is 96.7 cm³/mol. The van der Waals surface area contributed by atoms with E-state index in [1.165, 1.54) is 47.4 Å². The Kier molecular flexibility index (Phi) is 6.91. The maximum absolute atomic E-state index is 12.4. The van der Waals surface area contributed by atoms with Gasteiger partial charge in [-0.1, -0.05) is 30.0 Å². The van der Waals surface area contributed by atoms with Crippen molar-refractivity contribution >= 4 is 45.6 Å². The molecule has 0 aliphatic carbocycles. The van der Waals surface area contributed by atoms with Crippen LogP contribution in [0.15, 0.2) is 28.6 Å². The number of aromatic nitrogens is 1. The topological polar surface area (TPSA) is 119 Å². The molecule has 2 aromatic rings. The lowest BCUT2D eigenvalue weighted by Crippen LogP contribution is -2.99. The minimum atomic E-state index is -1.06. The Labute approximate surface area is 152 Å². The van der Waals surface area contributed by atoms with Gasteiger partial charge in [0.2, 0.25) is 0 Å². The number of nitrogens with zero attached hydrogens (tertiary/aromatic N) is 1. The maximum Gasteiger partial charge on any atom is 0.273 e. The first-order valence-corrected chi connectivity index (χ1v) is 9.48. The number of hydrogen-bond donors (Lipinski definition) is 4. The maximum atomic E-state index is 12.4. The summed E-state index contributed by atoms with van der Waals surface area (Å²) >= 11 is 2.60. The first-order valence-electron chi connectivity index (χ1n) is 7.44. The zero-order chi connectivity index (χ0) is 18.4. The second-order valence-electron chi connectivity index (χ2n) is 4.95. The summed E-state index contributed by atoms with van der Waals surface area (Å²) in [5.74, 6) is -0.771. The fraction of sp³-hybridized carbons (Fsp3) is 0.267. The molecule has 1 atom stereocenters. The monoisotopic (exact) mass is 382 g/mol. The molecule has 1 aromatic heterocycles. The molecule has 0 fully saturated rings. The van der Waals surface area contributed by atoms with Crippen LogP contribution in [0.25, 0.3) is 0 Å². The molecule has 25 heavy (non-hydrogen) atoms. The minimum absolute atomic E-state index is 0.0960. The largest absolute Gasteiger partial charge is 0.595 e. The van der Waals surface area contributed by atoms with Crippen LogP contribution in [0.5, 0.6) is 0 Å². The molecular weight excluding hydrogens is 364 g/mol. The summed E-state index contributed by atoms with van der Waals surface area (Å²) in [6.45, 7) is 2.47. The standard InChI is InChI=1S/C15H18N4O4S2/c1-3-8-16-13(21)11-14(25-15(17-11)24-2)18-12(20)9-4-6-10(7-5-9)19(22)23/h4-7,19,22H,3,8H2,1-2H3,(H,16,21)(H,18,20). The summed E-state index contributed by atoms with van der Waals surface area (Å²) in [6, 6.07) is 5.55. The van der Waals surface area contributed by atoms with Crippen molar-refractivity contribution in [3.63, 3.8) is 0 Å². The van der Waals surface area contributed by atoms with Gasteiger partial charge in [-0.05, 0) is 24.8 Å². The van der Waals surface area contributed by atoms with Gasteiger partial charge in [0.05, 0.1) is 0 Å². The molecule has 2 rings (SSSR count). The average Bonchev–Trinajstić information content (AvgIpc) is 3.02. The normalized spacial score (nSPS) is 11.8. The third-order valence-corrected chi connectivity index (χ3v) is 5.11. The molecule has 0 saturated heterocycles. The molecule has 2 amide bonds. The second kappa shape index (κ2) is 8.92. The zero-order valence-electron chi connectivity index (χ0n) is 13.7. The summed E-state index contributed by atoms with van der Waals surface area (Å²) in [5.41, 5.74) is 0.570. The third kappa shape index (κ3) is 5.00. The SMILES string of the molecule is CCCNC(=O)c1nc(SC)sc1NC(=O)c1ccc([NH+]([O-])O)cc1. The molecule has 0 saturated carbocycles. The second-order valence-corrected chi connectivity index (χ2v) is 7.01. The molecule has 0 aliphatic rings. The number of anilines is 1. The van der Waals surface area contributed by atoms with E-state index in [0.717, 1.165) is 6.42 Å². The molecule has 8 nitrogen and oxygen atoms in total. The summed E-state index contributed by atoms with van der Waals surface area (Å²) in [6.07, 6.45) is 2.63. The number of thioether (sulfide) groups is 1. The highest BCUT2D eigenvalue weighted by atomic mass is 32.2. The Bertz CT molecular complexity index is 746. The summed E-state index contributed by atoms with van der Waals surface area (Å²) in [7, 11) is 0. The van der Waals surface area contributed by atoms with E-state index in [1.807, 2.05) is 13.2 Å². The lowest BCUT2D eigenvalue weighted by molar-refractivity contribution is -0.991. The average molecular weight is 382 g/mol. The Morgan fingerprint density at radius 1 is 1.32 bits per heavy atom. The van der Waals surface area contributed by atoms with Crippen molar-refractivity contribution < 1.29 is 20.0 Å². The van der Waals surface area contributed by atoms with Crippen molar-refractivity contribution in [1.29, 1.82) is 0 Å². The van der Waals surface area contributed by atoms with Gasteiger partial charge in [-0.2, -0.15) is 5.23 Å². The van der Waals surface area contributed by atoms with Crippen LogP contribution in [0.4, 0.5) is 10.7 Å². The molecule has 10 heteroatoms. The Morgan fingerprint density at radius 3 is 2.56 bits per heavy atom. The van der Waals surface area contributed by atoms with Gasteiger partial charge in [0.25, 0.3) is 11.8 Å². The summed E-state index contributed by atoms with van der Waals surface area (Å²) in [5, 5.41) is 24.5. The predicted octanol–water partition coefficient (Wildman–Crippen LogP) is 1.66. The molecule has 1 unspecified atom stereocenters. The van der Waals surface area contributed by atoms with Crippen LogP contribution in [0, 0.1) is 5.21 Å². The van der Waals surface area contributed by atoms with Crippen LogP contribution in [0.1, 0.15) is 34.2 Å². The van der Waals surface area contributed by atoms with Gasteiger partial charge in [-0.25, -0.2) is 10.2 Å². The molecule has 0 aliphatic heterocycles. The molecule has 134 valence electrons. The van der Waals surface area contributed by atoms with E-state index < -0.39 is 11.1 Å². The molecule has 0 bridgehead atoms. The number of benzene rings is 1. The number of carbonyl (C=O) groups is 2. The van der Waals surface area contributed by atoms with Crippen LogP contribution in [0.3, 0.4) is 0 Å². The van der Waals surface area contributed by atoms with Crippen LogP contribution < -0.4 is 15.9 Å². The highest BCUT2D eigenvalue weighted by Crippen LogP contribution is 2.30. The lowest BCUT2D eigenvalue weighted by atomic mass is 10.2. The van der Waals surface area contributed by atoms with Crippen molar-refractivity contribution in [2.45, 2.75) is 17.7 Å². The van der Waals surface area contributed by atoms with E-state index in [1.54, 1.807) is 0 Å². The van der Waals surface area contributed by atoms with Crippen molar-refractivity contribution in [2.24, 2.45) is 0 Å². The van der Waals surface area contributed by atoms with Gasteiger partial charge in [0.15, 0.2) is 15.7 Å². The van der Waals surface area contributed by atoms with Crippen LogP contribution in [-0.4, -0.2) is 34.8 Å². The number of hydrogen-bond acceptors (Lipinski definition) is 7. The summed E-state index contributed by atoms with van der Waals surface area (Å²) in [4.78, 5) is 28.8. The van der Waals surface area contributed by atoms with Gasteiger partial charge < -0.3 is 15.8 Å².